The first-order chi connectivity index (χ1) is 8.56. The second-order valence-corrected chi connectivity index (χ2v) is 3.45. The van der Waals surface area contributed by atoms with Crippen LogP contribution in [-0.4, -0.2) is 17.6 Å². The predicted octanol–water partition coefficient (Wildman–Crippen LogP) is 2.81. The fraction of sp³-hybridized carbons (Fsp3) is 0.364. The molecule has 0 bridgehead atoms. The fourth-order valence-corrected chi connectivity index (χ4v) is 1.69. The zero-order valence-electron chi connectivity index (χ0n) is 9.41. The van der Waals surface area contributed by atoms with Crippen LogP contribution >= 0.6 is 11.6 Å². The van der Waals surface area contributed by atoms with Crippen molar-refractivity contribution in [3.8, 4) is 6.07 Å². The van der Waals surface area contributed by atoms with E-state index in [9.17, 15) is 13.6 Å². The van der Waals surface area contributed by atoms with Gasteiger partial charge < -0.3 is 4.74 Å². The van der Waals surface area contributed by atoms with Crippen molar-refractivity contribution in [3.63, 3.8) is 0 Å². The van der Waals surface area contributed by atoms with Crippen LogP contribution in [0.5, 0.6) is 0 Å². The minimum absolute atomic E-state index is 0.0533. The number of pyridine rings is 1. The molecule has 0 amide bonds. The van der Waals surface area contributed by atoms with Gasteiger partial charge in [-0.3, -0.25) is 0 Å². The molecule has 0 saturated heterocycles. The highest BCUT2D eigenvalue weighted by Gasteiger charge is 2.25. The summed E-state index contributed by atoms with van der Waals surface area (Å²) in [6.07, 6.45) is -2.03. The minimum Gasteiger partial charge on any atom is -0.462 e. The standard InChI is InChI=1S/C11H9ClF2N2O2/c1-2-18-11(17)7-5-16-8(4-15)6(3-12)9(7)10(13)14/h5,10H,2-3H2,1H3. The summed E-state index contributed by atoms with van der Waals surface area (Å²) in [5.41, 5.74) is -1.30. The zero-order chi connectivity index (χ0) is 13.7. The monoisotopic (exact) mass is 274 g/mol. The van der Waals surface area contributed by atoms with Crippen LogP contribution in [0.3, 0.4) is 0 Å². The number of aromatic nitrogens is 1. The van der Waals surface area contributed by atoms with E-state index in [1.807, 2.05) is 0 Å². The average molecular weight is 275 g/mol. The van der Waals surface area contributed by atoms with Crippen molar-refractivity contribution in [1.29, 1.82) is 5.26 Å². The number of alkyl halides is 3. The van der Waals surface area contributed by atoms with Gasteiger partial charge in [0, 0.05) is 17.3 Å². The maximum Gasteiger partial charge on any atom is 0.340 e. The summed E-state index contributed by atoms with van der Waals surface area (Å²) >= 11 is 5.54. The van der Waals surface area contributed by atoms with Crippen LogP contribution in [0.2, 0.25) is 0 Å². The molecule has 0 aliphatic heterocycles. The Hall–Kier alpha value is -1.74. The van der Waals surface area contributed by atoms with Crippen LogP contribution in [0.25, 0.3) is 0 Å². The molecule has 0 aliphatic rings. The normalized spacial score (nSPS) is 10.2. The Morgan fingerprint density at radius 1 is 1.67 bits per heavy atom. The Labute approximate surface area is 107 Å². The van der Waals surface area contributed by atoms with E-state index >= 15 is 0 Å². The van der Waals surface area contributed by atoms with Crippen LogP contribution in [0.1, 0.15) is 40.5 Å². The van der Waals surface area contributed by atoms with E-state index in [1.54, 1.807) is 13.0 Å². The highest BCUT2D eigenvalue weighted by molar-refractivity contribution is 6.17. The van der Waals surface area contributed by atoms with E-state index in [0.717, 1.165) is 6.20 Å². The molecule has 0 N–H and O–H groups in total. The van der Waals surface area contributed by atoms with Crippen molar-refractivity contribution in [2.24, 2.45) is 0 Å². The number of rotatable bonds is 4. The maximum absolute atomic E-state index is 13.0. The second-order valence-electron chi connectivity index (χ2n) is 3.18. The highest BCUT2D eigenvalue weighted by Crippen LogP contribution is 2.29. The third-order valence-corrected chi connectivity index (χ3v) is 2.44. The summed E-state index contributed by atoms with van der Waals surface area (Å²) in [6, 6.07) is 1.66. The van der Waals surface area contributed by atoms with Crippen LogP contribution in [0.4, 0.5) is 8.78 Å². The maximum atomic E-state index is 13.0. The van der Waals surface area contributed by atoms with Gasteiger partial charge in [-0.25, -0.2) is 18.6 Å². The van der Waals surface area contributed by atoms with Gasteiger partial charge in [-0.15, -0.1) is 11.6 Å². The Balaban J connectivity index is 3.45. The smallest absolute Gasteiger partial charge is 0.340 e. The molecule has 1 rings (SSSR count). The number of carbonyl (C=O) groups is 1. The van der Waals surface area contributed by atoms with E-state index in [0.29, 0.717) is 0 Å². The van der Waals surface area contributed by atoms with Crippen molar-refractivity contribution in [3.05, 3.63) is 28.6 Å². The average Bonchev–Trinajstić information content (AvgIpc) is 2.36. The molecule has 0 saturated carbocycles. The van der Waals surface area contributed by atoms with E-state index in [2.05, 4.69) is 9.72 Å². The molecule has 0 radical (unpaired) electrons. The molecule has 0 aliphatic carbocycles. The first kappa shape index (κ1) is 14.3. The van der Waals surface area contributed by atoms with Gasteiger partial charge in [0.2, 0.25) is 0 Å². The van der Waals surface area contributed by atoms with Gasteiger partial charge in [0.05, 0.1) is 18.1 Å². The van der Waals surface area contributed by atoms with Crippen molar-refractivity contribution < 1.29 is 18.3 Å². The summed E-state index contributed by atoms with van der Waals surface area (Å²) in [7, 11) is 0. The number of carbonyl (C=O) groups excluding carboxylic acids is 1. The minimum atomic E-state index is -2.94. The molecule has 0 fully saturated rings. The Morgan fingerprint density at radius 2 is 2.33 bits per heavy atom. The lowest BCUT2D eigenvalue weighted by atomic mass is 10.0. The van der Waals surface area contributed by atoms with Gasteiger partial charge in [0.1, 0.15) is 11.8 Å². The van der Waals surface area contributed by atoms with Crippen LogP contribution < -0.4 is 0 Å². The van der Waals surface area contributed by atoms with Gasteiger partial charge in [0.25, 0.3) is 6.43 Å². The molecule has 1 aromatic rings. The predicted molar refractivity (Wildman–Crippen MR) is 59.4 cm³/mol. The lowest BCUT2D eigenvalue weighted by Gasteiger charge is -2.12. The van der Waals surface area contributed by atoms with Gasteiger partial charge in [0.15, 0.2) is 0 Å². The van der Waals surface area contributed by atoms with Crippen molar-refractivity contribution in [2.45, 2.75) is 19.2 Å². The molecule has 1 heterocycles. The summed E-state index contributed by atoms with van der Waals surface area (Å²) in [6.45, 7) is 1.61. The molecule has 0 unspecified atom stereocenters. The summed E-state index contributed by atoms with van der Waals surface area (Å²) in [4.78, 5) is 15.2. The van der Waals surface area contributed by atoms with E-state index in [4.69, 9.17) is 16.9 Å². The van der Waals surface area contributed by atoms with Crippen LogP contribution in [0, 0.1) is 11.3 Å². The number of hydrogen-bond donors (Lipinski definition) is 0. The van der Waals surface area contributed by atoms with Crippen LogP contribution in [-0.2, 0) is 10.6 Å². The third kappa shape index (κ3) is 2.74. The Morgan fingerprint density at radius 3 is 2.78 bits per heavy atom. The zero-order valence-corrected chi connectivity index (χ0v) is 10.2. The van der Waals surface area contributed by atoms with E-state index < -0.39 is 18.0 Å². The van der Waals surface area contributed by atoms with Gasteiger partial charge >= 0.3 is 5.97 Å². The lowest BCUT2D eigenvalue weighted by Crippen LogP contribution is -2.12. The molecule has 0 spiro atoms. The van der Waals surface area contributed by atoms with Crippen molar-refractivity contribution in [1.82, 2.24) is 4.98 Å². The second kappa shape index (κ2) is 6.26. The number of ether oxygens (including phenoxy) is 1. The Bertz CT molecular complexity index is 501. The molecular formula is C11H9ClF2N2O2. The molecular weight excluding hydrogens is 266 g/mol. The van der Waals surface area contributed by atoms with E-state index in [1.165, 1.54) is 0 Å². The van der Waals surface area contributed by atoms with Gasteiger partial charge in [-0.05, 0) is 6.92 Å². The van der Waals surface area contributed by atoms with Gasteiger partial charge in [-0.1, -0.05) is 0 Å². The van der Waals surface area contributed by atoms with Gasteiger partial charge in [-0.2, -0.15) is 5.26 Å². The molecule has 0 atom stereocenters. The summed E-state index contributed by atoms with van der Waals surface area (Å²) in [5.74, 6) is -1.24. The number of nitrogens with zero attached hydrogens (tertiary/aromatic N) is 2. The van der Waals surface area contributed by atoms with Crippen molar-refractivity contribution >= 4 is 17.6 Å². The number of nitriles is 1. The van der Waals surface area contributed by atoms with Crippen LogP contribution in [0.15, 0.2) is 6.20 Å². The molecule has 96 valence electrons. The molecule has 4 nitrogen and oxygen atoms in total. The molecule has 1 aromatic heterocycles. The topological polar surface area (TPSA) is 63.0 Å². The molecule has 7 heteroatoms. The lowest BCUT2D eigenvalue weighted by molar-refractivity contribution is 0.0514. The largest absolute Gasteiger partial charge is 0.462 e. The molecule has 0 aromatic carbocycles. The summed E-state index contributed by atoms with van der Waals surface area (Å²) in [5, 5.41) is 8.76. The first-order valence-corrected chi connectivity index (χ1v) is 5.53. The first-order valence-electron chi connectivity index (χ1n) is 4.99. The fourth-order valence-electron chi connectivity index (χ4n) is 1.42. The summed E-state index contributed by atoms with van der Waals surface area (Å²) < 4.78 is 30.6. The third-order valence-electron chi connectivity index (χ3n) is 2.18. The SMILES string of the molecule is CCOC(=O)c1cnc(C#N)c(CCl)c1C(F)F. The van der Waals surface area contributed by atoms with Crippen molar-refractivity contribution in [2.75, 3.05) is 6.61 Å². The number of hydrogen-bond acceptors (Lipinski definition) is 4. The highest BCUT2D eigenvalue weighted by atomic mass is 35.5. The Kier molecular flexibility index (Phi) is 4.98. The van der Waals surface area contributed by atoms with E-state index in [-0.39, 0.29) is 29.3 Å². The number of halogens is 3. The molecule has 18 heavy (non-hydrogen) atoms. The quantitative estimate of drug-likeness (QED) is 0.625. The number of esters is 1.